The molecule has 5 heteroatoms. The first-order chi connectivity index (χ1) is 10.7. The van der Waals surface area contributed by atoms with Crippen LogP contribution in [0.25, 0.3) is 0 Å². The van der Waals surface area contributed by atoms with Crippen LogP contribution in [0.3, 0.4) is 0 Å². The number of carbonyl (C=O) groups excluding carboxylic acids is 1. The highest BCUT2D eigenvalue weighted by Crippen LogP contribution is 2.38. The van der Waals surface area contributed by atoms with E-state index in [1.165, 1.54) is 19.3 Å². The average molecular weight is 320 g/mol. The summed E-state index contributed by atoms with van der Waals surface area (Å²) in [5.74, 6) is 0.833. The van der Waals surface area contributed by atoms with Gasteiger partial charge in [0.1, 0.15) is 5.82 Å². The predicted molar refractivity (Wildman–Crippen MR) is 94.2 cm³/mol. The molecule has 5 nitrogen and oxygen atoms in total. The number of nitrogens with zero attached hydrogens (tertiary/aromatic N) is 2. The predicted octanol–water partition coefficient (Wildman–Crippen LogP) is 3.25. The minimum atomic E-state index is -0.00480. The minimum Gasteiger partial charge on any atom is -0.330 e. The van der Waals surface area contributed by atoms with Gasteiger partial charge in [-0.15, -0.1) is 0 Å². The molecule has 1 saturated carbocycles. The minimum absolute atomic E-state index is 0.00480. The second kappa shape index (κ2) is 7.04. The van der Waals surface area contributed by atoms with Gasteiger partial charge in [0.2, 0.25) is 5.91 Å². The second-order valence-corrected chi connectivity index (χ2v) is 8.37. The van der Waals surface area contributed by atoms with E-state index in [2.05, 4.69) is 31.2 Å². The monoisotopic (exact) mass is 320 g/mol. The van der Waals surface area contributed by atoms with Gasteiger partial charge in [0.05, 0.1) is 5.69 Å². The van der Waals surface area contributed by atoms with Gasteiger partial charge in [0, 0.05) is 19.5 Å². The van der Waals surface area contributed by atoms with Gasteiger partial charge in [0.15, 0.2) is 0 Å². The lowest BCUT2D eigenvalue weighted by Gasteiger charge is -2.35. The highest BCUT2D eigenvalue weighted by molar-refractivity contribution is 5.90. The first-order valence-electron chi connectivity index (χ1n) is 8.76. The molecular weight excluding hydrogens is 288 g/mol. The highest BCUT2D eigenvalue weighted by Gasteiger charge is 2.33. The smallest absolute Gasteiger partial charge is 0.226 e. The molecule has 1 aliphatic rings. The Kier molecular flexibility index (Phi) is 5.50. The molecule has 0 atom stereocenters. The number of aryl methyl sites for hydroxylation is 1. The molecule has 23 heavy (non-hydrogen) atoms. The van der Waals surface area contributed by atoms with Crippen molar-refractivity contribution in [2.45, 2.75) is 65.7 Å². The second-order valence-electron chi connectivity index (χ2n) is 8.37. The van der Waals surface area contributed by atoms with Gasteiger partial charge in [-0.2, -0.15) is 5.10 Å². The summed E-state index contributed by atoms with van der Waals surface area (Å²) in [4.78, 5) is 12.5. The lowest BCUT2D eigenvalue weighted by Crippen LogP contribution is -2.36. The lowest BCUT2D eigenvalue weighted by molar-refractivity contribution is -0.118. The normalized spacial score (nSPS) is 18.0. The van der Waals surface area contributed by atoms with Crippen LogP contribution in [-0.4, -0.2) is 22.2 Å². The maximum atomic E-state index is 12.5. The largest absolute Gasteiger partial charge is 0.330 e. The fourth-order valence-electron chi connectivity index (χ4n) is 3.56. The molecule has 0 spiro atoms. The summed E-state index contributed by atoms with van der Waals surface area (Å²) in [5, 5.41) is 7.54. The van der Waals surface area contributed by atoms with Crippen molar-refractivity contribution in [3.63, 3.8) is 0 Å². The summed E-state index contributed by atoms with van der Waals surface area (Å²) in [7, 11) is 1.88. The summed E-state index contributed by atoms with van der Waals surface area (Å²) in [6.45, 7) is 7.16. The van der Waals surface area contributed by atoms with Crippen molar-refractivity contribution in [3.05, 3.63) is 11.8 Å². The van der Waals surface area contributed by atoms with E-state index < -0.39 is 0 Å². The van der Waals surface area contributed by atoms with Gasteiger partial charge in [-0.1, -0.05) is 40.0 Å². The van der Waals surface area contributed by atoms with Crippen LogP contribution in [0.2, 0.25) is 0 Å². The van der Waals surface area contributed by atoms with Crippen LogP contribution in [0, 0.1) is 10.8 Å². The molecule has 0 aromatic carbocycles. The van der Waals surface area contributed by atoms with E-state index in [0.29, 0.717) is 13.0 Å². The van der Waals surface area contributed by atoms with E-state index in [9.17, 15) is 4.79 Å². The number of hydrogen-bond acceptors (Lipinski definition) is 3. The molecule has 0 bridgehead atoms. The fraction of sp³-hybridized carbons (Fsp3) is 0.778. The number of nitrogens with two attached hydrogens (primary N) is 1. The molecule has 0 unspecified atom stereocenters. The van der Waals surface area contributed by atoms with Crippen molar-refractivity contribution in [1.29, 1.82) is 0 Å². The zero-order chi connectivity index (χ0) is 17.1. The third-order valence-corrected chi connectivity index (χ3v) is 4.79. The van der Waals surface area contributed by atoms with E-state index in [1.54, 1.807) is 4.68 Å². The van der Waals surface area contributed by atoms with Crippen LogP contribution in [0.4, 0.5) is 5.82 Å². The number of rotatable bonds is 5. The molecule has 0 radical (unpaired) electrons. The molecule has 130 valence electrons. The summed E-state index contributed by atoms with van der Waals surface area (Å²) in [6, 6.07) is 1.99. The van der Waals surface area contributed by atoms with Gasteiger partial charge >= 0.3 is 0 Å². The van der Waals surface area contributed by atoms with Gasteiger partial charge in [-0.25, -0.2) is 0 Å². The van der Waals surface area contributed by atoms with E-state index in [-0.39, 0.29) is 16.7 Å². The average Bonchev–Trinajstić information content (AvgIpc) is 2.77. The molecule has 1 amide bonds. The maximum absolute atomic E-state index is 12.5. The van der Waals surface area contributed by atoms with Crippen LogP contribution in [0.5, 0.6) is 0 Å². The topological polar surface area (TPSA) is 72.9 Å². The van der Waals surface area contributed by atoms with E-state index in [4.69, 9.17) is 5.73 Å². The molecule has 1 aromatic heterocycles. The summed E-state index contributed by atoms with van der Waals surface area (Å²) >= 11 is 0. The van der Waals surface area contributed by atoms with Gasteiger partial charge in [-0.3, -0.25) is 9.48 Å². The van der Waals surface area contributed by atoms with E-state index in [1.807, 2.05) is 13.1 Å². The molecule has 0 saturated heterocycles. The number of amides is 1. The molecule has 3 N–H and O–H groups in total. The Labute approximate surface area is 140 Å². The third-order valence-electron chi connectivity index (χ3n) is 4.79. The van der Waals surface area contributed by atoms with Gasteiger partial charge in [-0.05, 0) is 36.6 Å². The molecule has 1 fully saturated rings. The number of hydrogen-bond donors (Lipinski definition) is 2. The summed E-state index contributed by atoms with van der Waals surface area (Å²) < 4.78 is 1.76. The van der Waals surface area contributed by atoms with E-state index in [0.717, 1.165) is 30.8 Å². The van der Waals surface area contributed by atoms with Crippen LogP contribution in [0.1, 0.15) is 65.0 Å². The molecule has 1 heterocycles. The molecule has 1 aliphatic carbocycles. The molecule has 2 rings (SSSR count). The lowest BCUT2D eigenvalue weighted by atomic mass is 9.71. The van der Waals surface area contributed by atoms with Gasteiger partial charge in [0.25, 0.3) is 0 Å². The van der Waals surface area contributed by atoms with Crippen molar-refractivity contribution >= 4 is 11.7 Å². The van der Waals surface area contributed by atoms with Crippen molar-refractivity contribution in [2.75, 3.05) is 11.9 Å². The number of aromatic nitrogens is 2. The van der Waals surface area contributed by atoms with Gasteiger partial charge < -0.3 is 11.1 Å². The molecule has 1 aromatic rings. The van der Waals surface area contributed by atoms with Crippen molar-refractivity contribution in [1.82, 2.24) is 9.78 Å². The van der Waals surface area contributed by atoms with E-state index >= 15 is 0 Å². The number of carbonyl (C=O) groups is 1. The van der Waals surface area contributed by atoms with Crippen LogP contribution in [-0.2, 0) is 18.3 Å². The Morgan fingerprint density at radius 3 is 2.57 bits per heavy atom. The van der Waals surface area contributed by atoms with Crippen LogP contribution < -0.4 is 11.1 Å². The van der Waals surface area contributed by atoms with Crippen molar-refractivity contribution in [2.24, 2.45) is 23.6 Å². The Hall–Kier alpha value is -1.36. The number of nitrogens with one attached hydrogen (secondary N) is 1. The summed E-state index contributed by atoms with van der Waals surface area (Å²) in [6.07, 6.45) is 7.18. The highest BCUT2D eigenvalue weighted by atomic mass is 16.1. The van der Waals surface area contributed by atoms with Crippen molar-refractivity contribution in [3.8, 4) is 0 Å². The Balaban J connectivity index is 1.99. The van der Waals surface area contributed by atoms with Crippen LogP contribution >= 0.6 is 0 Å². The quantitative estimate of drug-likeness (QED) is 0.874. The van der Waals surface area contributed by atoms with Crippen LogP contribution in [0.15, 0.2) is 6.07 Å². The fourth-order valence-corrected chi connectivity index (χ4v) is 3.56. The van der Waals surface area contributed by atoms with Crippen molar-refractivity contribution < 1.29 is 4.79 Å². The standard InChI is InChI=1S/C18H32N4O/c1-17(2,3)11-14-10-15(22(4)21-14)20-16(23)12-18(13-19)8-6-5-7-9-18/h10H,5-9,11-13,19H2,1-4H3,(H,20,23). The SMILES string of the molecule is Cn1nc(CC(C)(C)C)cc1NC(=O)CC1(CN)CCCCC1. The molecule has 0 aliphatic heterocycles. The summed E-state index contributed by atoms with van der Waals surface area (Å²) in [5.41, 5.74) is 7.18. The number of anilines is 1. The zero-order valence-electron chi connectivity index (χ0n) is 15.1. The zero-order valence-corrected chi connectivity index (χ0v) is 15.1. The Morgan fingerprint density at radius 1 is 1.35 bits per heavy atom. The maximum Gasteiger partial charge on any atom is 0.226 e. The molecular formula is C18H32N4O. The third kappa shape index (κ3) is 5.06. The first-order valence-corrected chi connectivity index (χ1v) is 8.76. The Bertz CT molecular complexity index is 536. The first kappa shape index (κ1) is 18.0. The Morgan fingerprint density at radius 2 is 2.00 bits per heavy atom.